The van der Waals surface area contributed by atoms with Gasteiger partial charge in [0.2, 0.25) is 5.91 Å². The predicted molar refractivity (Wildman–Crippen MR) is 126 cm³/mol. The first-order valence-electron chi connectivity index (χ1n) is 10.2. The van der Waals surface area contributed by atoms with Crippen LogP contribution in [0.25, 0.3) is 10.8 Å². The SMILES string of the molecule is C#CCOc1ccc(CCNC(=O)CO[C@@H](C#C)c2ccc3ccccc3c2)cc1OC. The molecular formula is C27H25NO4. The smallest absolute Gasteiger partial charge is 0.246 e. The van der Waals surface area contributed by atoms with Crippen molar-refractivity contribution in [2.24, 2.45) is 0 Å². The van der Waals surface area contributed by atoms with Gasteiger partial charge in [0.15, 0.2) is 11.5 Å². The zero-order valence-electron chi connectivity index (χ0n) is 18.0. The molecule has 0 aliphatic carbocycles. The zero-order valence-corrected chi connectivity index (χ0v) is 18.0. The Balaban J connectivity index is 1.49. The second kappa shape index (κ2) is 11.5. The van der Waals surface area contributed by atoms with E-state index in [-0.39, 0.29) is 19.1 Å². The van der Waals surface area contributed by atoms with Crippen LogP contribution in [0.2, 0.25) is 0 Å². The molecule has 0 aliphatic rings. The summed E-state index contributed by atoms with van der Waals surface area (Å²) in [6.07, 6.45) is 10.9. The van der Waals surface area contributed by atoms with Gasteiger partial charge in [-0.05, 0) is 46.5 Å². The van der Waals surface area contributed by atoms with Gasteiger partial charge in [-0.1, -0.05) is 54.3 Å². The highest BCUT2D eigenvalue weighted by Crippen LogP contribution is 2.28. The molecule has 1 atom stereocenters. The minimum Gasteiger partial charge on any atom is -0.493 e. The molecule has 3 aromatic rings. The standard InChI is InChI=1S/C27H25NO4/c1-4-16-31-25-13-10-20(17-26(25)30-3)14-15-28-27(29)19-32-24(5-2)23-12-11-21-8-6-7-9-22(21)18-23/h1-2,6-13,17-18,24H,14-16,19H2,3H3,(H,28,29)/t24-/m0/s1. The van der Waals surface area contributed by atoms with Gasteiger partial charge in [0.05, 0.1) is 7.11 Å². The molecule has 0 aliphatic heterocycles. The lowest BCUT2D eigenvalue weighted by Crippen LogP contribution is -2.30. The zero-order chi connectivity index (χ0) is 22.8. The molecule has 162 valence electrons. The molecule has 0 saturated heterocycles. The summed E-state index contributed by atoms with van der Waals surface area (Å²) in [6, 6.07) is 19.5. The molecule has 0 aromatic heterocycles. The first-order valence-corrected chi connectivity index (χ1v) is 10.2. The molecule has 0 spiro atoms. The van der Waals surface area contributed by atoms with Crippen molar-refractivity contribution in [2.45, 2.75) is 12.5 Å². The number of carbonyl (C=O) groups excluding carboxylic acids is 1. The first kappa shape index (κ1) is 22.7. The highest BCUT2D eigenvalue weighted by molar-refractivity contribution is 5.83. The topological polar surface area (TPSA) is 56.8 Å². The maximum atomic E-state index is 12.2. The quantitative estimate of drug-likeness (QED) is 0.499. The van der Waals surface area contributed by atoms with Crippen LogP contribution in [0, 0.1) is 24.7 Å². The van der Waals surface area contributed by atoms with Crippen molar-refractivity contribution in [3.8, 4) is 36.2 Å². The lowest BCUT2D eigenvalue weighted by Gasteiger charge is -2.14. The Morgan fingerprint density at radius 1 is 1.03 bits per heavy atom. The van der Waals surface area contributed by atoms with E-state index in [1.165, 1.54) is 0 Å². The summed E-state index contributed by atoms with van der Waals surface area (Å²) in [4.78, 5) is 12.2. The number of benzene rings is 3. The van der Waals surface area contributed by atoms with Crippen molar-refractivity contribution >= 4 is 16.7 Å². The second-order valence-corrected chi connectivity index (χ2v) is 7.04. The molecule has 0 radical (unpaired) electrons. The molecule has 3 rings (SSSR count). The molecule has 3 aromatic carbocycles. The fourth-order valence-electron chi connectivity index (χ4n) is 3.27. The maximum absolute atomic E-state index is 12.2. The minimum absolute atomic E-state index is 0.121. The second-order valence-electron chi connectivity index (χ2n) is 7.04. The fourth-order valence-corrected chi connectivity index (χ4v) is 3.27. The van der Waals surface area contributed by atoms with Crippen molar-refractivity contribution in [1.82, 2.24) is 5.32 Å². The number of terminal acetylenes is 2. The number of hydrogen-bond acceptors (Lipinski definition) is 4. The van der Waals surface area contributed by atoms with Crippen LogP contribution in [0.5, 0.6) is 11.5 Å². The molecule has 0 fully saturated rings. The summed E-state index contributed by atoms with van der Waals surface area (Å²) in [6.45, 7) is 0.500. The third kappa shape index (κ3) is 6.04. The Hall–Kier alpha value is -3.93. The molecule has 32 heavy (non-hydrogen) atoms. The van der Waals surface area contributed by atoms with Crippen LogP contribution in [-0.4, -0.2) is 32.8 Å². The predicted octanol–water partition coefficient (Wildman–Crippen LogP) is 3.91. The van der Waals surface area contributed by atoms with E-state index < -0.39 is 6.10 Å². The third-order valence-electron chi connectivity index (χ3n) is 4.88. The maximum Gasteiger partial charge on any atom is 0.246 e. The van der Waals surface area contributed by atoms with Gasteiger partial charge in [-0.2, -0.15) is 0 Å². The van der Waals surface area contributed by atoms with E-state index in [1.54, 1.807) is 13.2 Å². The van der Waals surface area contributed by atoms with E-state index in [4.69, 9.17) is 27.1 Å². The van der Waals surface area contributed by atoms with Gasteiger partial charge in [0, 0.05) is 6.54 Å². The number of rotatable bonds is 10. The fraction of sp³-hybridized carbons (Fsp3) is 0.222. The number of fused-ring (bicyclic) bond motifs is 1. The molecule has 0 unspecified atom stereocenters. The Bertz CT molecular complexity index is 1160. The number of amides is 1. The molecule has 5 nitrogen and oxygen atoms in total. The monoisotopic (exact) mass is 427 g/mol. The normalized spacial score (nSPS) is 11.2. The van der Waals surface area contributed by atoms with Crippen LogP contribution in [0.1, 0.15) is 17.2 Å². The van der Waals surface area contributed by atoms with E-state index in [0.717, 1.165) is 21.9 Å². The molecule has 0 heterocycles. The molecule has 0 saturated carbocycles. The summed E-state index contributed by atoms with van der Waals surface area (Å²) in [5.74, 6) is 5.99. The van der Waals surface area contributed by atoms with Crippen molar-refractivity contribution < 1.29 is 19.0 Å². The summed E-state index contributed by atoms with van der Waals surface area (Å²) < 4.78 is 16.5. The average Bonchev–Trinajstić information content (AvgIpc) is 2.83. The summed E-state index contributed by atoms with van der Waals surface area (Å²) in [5.41, 5.74) is 1.84. The van der Waals surface area contributed by atoms with E-state index >= 15 is 0 Å². The van der Waals surface area contributed by atoms with E-state index in [1.807, 2.05) is 54.6 Å². The number of nitrogens with one attached hydrogen (secondary N) is 1. The Labute approximate surface area is 188 Å². The number of carbonyl (C=O) groups is 1. The molecular weight excluding hydrogens is 402 g/mol. The summed E-state index contributed by atoms with van der Waals surface area (Å²) >= 11 is 0. The third-order valence-corrected chi connectivity index (χ3v) is 4.88. The molecule has 5 heteroatoms. The number of hydrogen-bond donors (Lipinski definition) is 1. The average molecular weight is 428 g/mol. The van der Waals surface area contributed by atoms with Gasteiger partial charge in [0.25, 0.3) is 0 Å². The van der Waals surface area contributed by atoms with Crippen LogP contribution in [0.3, 0.4) is 0 Å². The van der Waals surface area contributed by atoms with Gasteiger partial charge < -0.3 is 19.5 Å². The van der Waals surface area contributed by atoms with Crippen LogP contribution in [-0.2, 0) is 16.0 Å². The van der Waals surface area contributed by atoms with Crippen LogP contribution in [0.15, 0.2) is 60.7 Å². The Morgan fingerprint density at radius 2 is 1.84 bits per heavy atom. The van der Waals surface area contributed by atoms with E-state index in [2.05, 4.69) is 17.2 Å². The van der Waals surface area contributed by atoms with Gasteiger partial charge in [-0.25, -0.2) is 0 Å². The van der Waals surface area contributed by atoms with Gasteiger partial charge in [-0.15, -0.1) is 12.8 Å². The first-order chi connectivity index (χ1) is 15.6. The number of methoxy groups -OCH3 is 1. The summed E-state index contributed by atoms with van der Waals surface area (Å²) in [5, 5.41) is 5.04. The highest BCUT2D eigenvalue weighted by atomic mass is 16.5. The minimum atomic E-state index is -0.592. The van der Waals surface area contributed by atoms with Crippen LogP contribution in [0.4, 0.5) is 0 Å². The van der Waals surface area contributed by atoms with Gasteiger partial charge in [0.1, 0.15) is 19.3 Å². The lowest BCUT2D eigenvalue weighted by molar-refractivity contribution is -0.126. The van der Waals surface area contributed by atoms with Crippen LogP contribution >= 0.6 is 0 Å². The van der Waals surface area contributed by atoms with Crippen molar-refractivity contribution in [3.05, 3.63) is 71.8 Å². The van der Waals surface area contributed by atoms with Crippen molar-refractivity contribution in [2.75, 3.05) is 26.9 Å². The molecule has 0 bridgehead atoms. The van der Waals surface area contributed by atoms with Gasteiger partial charge in [-0.3, -0.25) is 4.79 Å². The molecule has 1 amide bonds. The Kier molecular flexibility index (Phi) is 8.15. The van der Waals surface area contributed by atoms with E-state index in [9.17, 15) is 4.79 Å². The Morgan fingerprint density at radius 3 is 2.59 bits per heavy atom. The van der Waals surface area contributed by atoms with Gasteiger partial charge >= 0.3 is 0 Å². The van der Waals surface area contributed by atoms with Crippen molar-refractivity contribution in [1.29, 1.82) is 0 Å². The number of ether oxygens (including phenoxy) is 3. The van der Waals surface area contributed by atoms with Crippen LogP contribution < -0.4 is 14.8 Å². The molecule has 1 N–H and O–H groups in total. The summed E-state index contributed by atoms with van der Waals surface area (Å²) in [7, 11) is 1.57. The highest BCUT2D eigenvalue weighted by Gasteiger charge is 2.12. The van der Waals surface area contributed by atoms with Crippen molar-refractivity contribution in [3.63, 3.8) is 0 Å². The van der Waals surface area contributed by atoms with E-state index in [0.29, 0.717) is 24.5 Å². The largest absolute Gasteiger partial charge is 0.493 e. The lowest BCUT2D eigenvalue weighted by atomic mass is 10.0.